The predicted molar refractivity (Wildman–Crippen MR) is 65.5 cm³/mol. The molecule has 1 aliphatic heterocycles. The van der Waals surface area contributed by atoms with E-state index in [0.717, 1.165) is 18.5 Å². The minimum Gasteiger partial charge on any atom is -0.373 e. The third kappa shape index (κ3) is 2.18. The van der Waals surface area contributed by atoms with Crippen LogP contribution in [0.2, 0.25) is 0 Å². The van der Waals surface area contributed by atoms with Crippen molar-refractivity contribution in [2.24, 2.45) is 0 Å². The molecule has 0 radical (unpaired) electrons. The van der Waals surface area contributed by atoms with Gasteiger partial charge >= 0.3 is 0 Å². The summed E-state index contributed by atoms with van der Waals surface area (Å²) >= 11 is 0. The second kappa shape index (κ2) is 4.56. The van der Waals surface area contributed by atoms with Crippen molar-refractivity contribution in [3.05, 3.63) is 29.8 Å². The Bertz CT molecular complexity index is 364. The van der Waals surface area contributed by atoms with Crippen molar-refractivity contribution < 1.29 is 4.79 Å². The Morgan fingerprint density at radius 1 is 1.56 bits per heavy atom. The van der Waals surface area contributed by atoms with E-state index in [0.29, 0.717) is 0 Å². The molecule has 0 saturated heterocycles. The Labute approximate surface area is 96.2 Å². The van der Waals surface area contributed by atoms with E-state index >= 15 is 0 Å². The number of para-hydroxylation sites is 1. The van der Waals surface area contributed by atoms with Crippen molar-refractivity contribution in [1.29, 1.82) is 0 Å². The van der Waals surface area contributed by atoms with E-state index in [1.165, 1.54) is 5.56 Å². The molecule has 1 heterocycles. The van der Waals surface area contributed by atoms with Gasteiger partial charge in [-0.15, -0.1) is 0 Å². The van der Waals surface area contributed by atoms with E-state index in [1.54, 1.807) is 0 Å². The van der Waals surface area contributed by atoms with Gasteiger partial charge in [-0.2, -0.15) is 0 Å². The molecule has 2 atom stereocenters. The molecule has 2 rings (SSSR count). The smallest absolute Gasteiger partial charge is 0.243 e. The van der Waals surface area contributed by atoms with Crippen molar-refractivity contribution in [1.82, 2.24) is 5.32 Å². The highest BCUT2D eigenvalue weighted by Gasteiger charge is 2.26. The molecule has 1 amide bonds. The number of anilines is 1. The highest BCUT2D eigenvalue weighted by atomic mass is 16.2. The first-order valence-corrected chi connectivity index (χ1v) is 5.85. The fraction of sp³-hybridized carbons (Fsp3) is 0.462. The number of benzene rings is 1. The van der Waals surface area contributed by atoms with Gasteiger partial charge in [0.15, 0.2) is 0 Å². The number of carbonyl (C=O) groups is 1. The molecule has 2 N–H and O–H groups in total. The molecular weight excluding hydrogens is 200 g/mol. The van der Waals surface area contributed by atoms with Crippen molar-refractivity contribution in [2.45, 2.75) is 38.8 Å². The maximum Gasteiger partial charge on any atom is 0.243 e. The Morgan fingerprint density at radius 2 is 2.31 bits per heavy atom. The average molecular weight is 218 g/mol. The third-order valence-corrected chi connectivity index (χ3v) is 3.09. The van der Waals surface area contributed by atoms with E-state index in [9.17, 15) is 4.79 Å². The number of amides is 1. The van der Waals surface area contributed by atoms with Gasteiger partial charge in [0.25, 0.3) is 0 Å². The molecule has 0 saturated carbocycles. The van der Waals surface area contributed by atoms with Crippen molar-refractivity contribution in [3.63, 3.8) is 0 Å². The van der Waals surface area contributed by atoms with Crippen LogP contribution in [-0.2, 0) is 11.2 Å². The van der Waals surface area contributed by atoms with Gasteiger partial charge in [0.05, 0.1) is 0 Å². The van der Waals surface area contributed by atoms with E-state index in [2.05, 4.69) is 23.6 Å². The molecule has 0 bridgehead atoms. The summed E-state index contributed by atoms with van der Waals surface area (Å²) in [6.45, 7) is 4.10. The maximum absolute atomic E-state index is 11.9. The molecule has 16 heavy (non-hydrogen) atoms. The van der Waals surface area contributed by atoms with Crippen molar-refractivity contribution in [2.75, 3.05) is 5.32 Å². The lowest BCUT2D eigenvalue weighted by Gasteiger charge is -2.16. The third-order valence-electron chi connectivity index (χ3n) is 3.09. The van der Waals surface area contributed by atoms with Crippen LogP contribution in [0, 0.1) is 0 Å². The van der Waals surface area contributed by atoms with Gasteiger partial charge in [-0.3, -0.25) is 4.79 Å². The van der Waals surface area contributed by atoms with Crippen LogP contribution in [0.15, 0.2) is 24.3 Å². The summed E-state index contributed by atoms with van der Waals surface area (Å²) in [5.41, 5.74) is 2.32. The molecule has 1 aromatic carbocycles. The fourth-order valence-electron chi connectivity index (χ4n) is 1.90. The summed E-state index contributed by atoms with van der Waals surface area (Å²) in [5, 5.41) is 6.26. The fourth-order valence-corrected chi connectivity index (χ4v) is 1.90. The molecule has 0 aliphatic carbocycles. The molecule has 0 fully saturated rings. The second-order valence-corrected chi connectivity index (χ2v) is 4.38. The minimum absolute atomic E-state index is 0.102. The van der Waals surface area contributed by atoms with Crippen LogP contribution in [-0.4, -0.2) is 18.0 Å². The molecule has 3 heteroatoms. The highest BCUT2D eigenvalue weighted by molar-refractivity contribution is 5.87. The first kappa shape index (κ1) is 11.0. The van der Waals surface area contributed by atoms with E-state index in [-0.39, 0.29) is 18.0 Å². The zero-order valence-corrected chi connectivity index (χ0v) is 9.79. The standard InChI is InChI=1S/C13H18N2O/c1-3-9(2)14-13(16)12-8-10-6-4-5-7-11(10)15-12/h4-7,9,12,15H,3,8H2,1-2H3,(H,14,16)/t9?,12-/m0/s1. The van der Waals surface area contributed by atoms with Gasteiger partial charge in [-0.25, -0.2) is 0 Å². The quantitative estimate of drug-likeness (QED) is 0.814. The Hall–Kier alpha value is -1.51. The first-order chi connectivity index (χ1) is 7.70. The van der Waals surface area contributed by atoms with Gasteiger partial charge in [-0.1, -0.05) is 25.1 Å². The van der Waals surface area contributed by atoms with E-state index < -0.39 is 0 Å². The average Bonchev–Trinajstić information content (AvgIpc) is 2.72. The van der Waals surface area contributed by atoms with Crippen LogP contribution in [0.1, 0.15) is 25.8 Å². The zero-order chi connectivity index (χ0) is 11.5. The molecule has 0 aromatic heterocycles. The lowest BCUT2D eigenvalue weighted by Crippen LogP contribution is -2.42. The lowest BCUT2D eigenvalue weighted by atomic mass is 10.1. The summed E-state index contributed by atoms with van der Waals surface area (Å²) in [5.74, 6) is 0.102. The van der Waals surface area contributed by atoms with Gasteiger partial charge in [0, 0.05) is 18.2 Å². The van der Waals surface area contributed by atoms with Crippen LogP contribution in [0.4, 0.5) is 5.69 Å². The SMILES string of the molecule is CCC(C)NC(=O)[C@@H]1Cc2ccccc2N1. The molecule has 1 aromatic rings. The van der Waals surface area contributed by atoms with Crippen molar-refractivity contribution in [3.8, 4) is 0 Å². The van der Waals surface area contributed by atoms with Gasteiger partial charge in [-0.05, 0) is 25.0 Å². The number of hydrogen-bond donors (Lipinski definition) is 2. The lowest BCUT2D eigenvalue weighted by molar-refractivity contribution is -0.122. The Morgan fingerprint density at radius 3 is 3.00 bits per heavy atom. The van der Waals surface area contributed by atoms with Crippen LogP contribution in [0.3, 0.4) is 0 Å². The Kier molecular flexibility index (Phi) is 3.13. The van der Waals surface area contributed by atoms with E-state index in [4.69, 9.17) is 0 Å². The first-order valence-electron chi connectivity index (χ1n) is 5.85. The molecular formula is C13H18N2O. The molecule has 1 aliphatic rings. The summed E-state index contributed by atoms with van der Waals surface area (Å²) < 4.78 is 0. The van der Waals surface area contributed by atoms with Crippen LogP contribution >= 0.6 is 0 Å². The van der Waals surface area contributed by atoms with Gasteiger partial charge in [0.1, 0.15) is 6.04 Å². The number of fused-ring (bicyclic) bond motifs is 1. The summed E-state index contributed by atoms with van der Waals surface area (Å²) in [6, 6.07) is 8.23. The largest absolute Gasteiger partial charge is 0.373 e. The van der Waals surface area contributed by atoms with Crippen LogP contribution in [0.25, 0.3) is 0 Å². The number of hydrogen-bond acceptors (Lipinski definition) is 2. The van der Waals surface area contributed by atoms with Gasteiger partial charge < -0.3 is 10.6 Å². The van der Waals surface area contributed by atoms with Crippen LogP contribution < -0.4 is 10.6 Å². The number of rotatable bonds is 3. The minimum atomic E-state index is -0.105. The number of nitrogens with one attached hydrogen (secondary N) is 2. The van der Waals surface area contributed by atoms with Gasteiger partial charge in [0.2, 0.25) is 5.91 Å². The molecule has 86 valence electrons. The maximum atomic E-state index is 11.9. The van der Waals surface area contributed by atoms with Crippen molar-refractivity contribution >= 4 is 11.6 Å². The molecule has 3 nitrogen and oxygen atoms in total. The highest BCUT2D eigenvalue weighted by Crippen LogP contribution is 2.25. The summed E-state index contributed by atoms with van der Waals surface area (Å²) in [6.07, 6.45) is 1.75. The second-order valence-electron chi connectivity index (χ2n) is 4.38. The summed E-state index contributed by atoms with van der Waals surface area (Å²) in [7, 11) is 0. The zero-order valence-electron chi connectivity index (χ0n) is 9.79. The number of carbonyl (C=O) groups excluding carboxylic acids is 1. The summed E-state index contributed by atoms with van der Waals surface area (Å²) in [4.78, 5) is 11.9. The van der Waals surface area contributed by atoms with Crippen LogP contribution in [0.5, 0.6) is 0 Å². The normalized spacial score (nSPS) is 19.8. The van der Waals surface area contributed by atoms with E-state index in [1.807, 2.05) is 25.1 Å². The predicted octanol–water partition coefficient (Wildman–Crippen LogP) is 1.94. The monoisotopic (exact) mass is 218 g/mol. The molecule has 1 unspecified atom stereocenters. The molecule has 0 spiro atoms. The topological polar surface area (TPSA) is 41.1 Å². The Balaban J connectivity index is 1.98.